The van der Waals surface area contributed by atoms with Gasteiger partial charge >= 0.3 is 0 Å². The lowest BCUT2D eigenvalue weighted by Gasteiger charge is -2.31. The van der Waals surface area contributed by atoms with E-state index < -0.39 is 29.8 Å². The Bertz CT molecular complexity index is 745. The molecule has 0 aromatic heterocycles. The summed E-state index contributed by atoms with van der Waals surface area (Å²) in [5, 5.41) is 13.4. The number of halogens is 3. The molecule has 3 rings (SSSR count). The highest BCUT2D eigenvalue weighted by atomic mass is 19.1. The lowest BCUT2D eigenvalue weighted by molar-refractivity contribution is -0.117. The summed E-state index contributed by atoms with van der Waals surface area (Å²) in [5.41, 5.74) is 0.196. The lowest BCUT2D eigenvalue weighted by atomic mass is 10.2. The molecule has 1 aliphatic carbocycles. The summed E-state index contributed by atoms with van der Waals surface area (Å²) in [6.07, 6.45) is 0.515. The molecule has 1 heterocycles. The van der Waals surface area contributed by atoms with Crippen molar-refractivity contribution in [3.05, 3.63) is 41.3 Å². The van der Waals surface area contributed by atoms with Crippen molar-refractivity contribution in [2.24, 2.45) is 0 Å². The van der Waals surface area contributed by atoms with Crippen LogP contribution in [0, 0.1) is 17.0 Å². The first kappa shape index (κ1) is 20.2. The van der Waals surface area contributed by atoms with Gasteiger partial charge in [0.15, 0.2) is 0 Å². The van der Waals surface area contributed by atoms with Crippen molar-refractivity contribution in [2.45, 2.75) is 31.5 Å². The van der Waals surface area contributed by atoms with Crippen LogP contribution in [-0.2, 0) is 9.53 Å². The van der Waals surface area contributed by atoms with Crippen LogP contribution in [-0.4, -0.2) is 55.5 Å². The van der Waals surface area contributed by atoms with Crippen LogP contribution in [0.25, 0.3) is 0 Å². The maximum atomic E-state index is 13.6. The smallest absolute Gasteiger partial charge is 0.293 e. The minimum absolute atomic E-state index is 0.0666. The average Bonchev–Trinajstić information content (AvgIpc) is 3.06. The zero-order chi connectivity index (χ0) is 20.1. The number of ether oxygens (including phenoxy) is 1. The predicted octanol–water partition coefficient (Wildman–Crippen LogP) is 2.58. The maximum Gasteiger partial charge on any atom is 0.293 e. The van der Waals surface area contributed by atoms with Crippen LogP contribution in [0.1, 0.15) is 19.3 Å². The van der Waals surface area contributed by atoms with Gasteiger partial charge in [0.05, 0.1) is 0 Å². The molecule has 0 radical (unpaired) electrons. The second-order valence-corrected chi connectivity index (χ2v) is 6.86. The Morgan fingerprint density at radius 1 is 1.21 bits per heavy atom. The Balaban J connectivity index is 1.88. The summed E-state index contributed by atoms with van der Waals surface area (Å²) in [6, 6.07) is 2.67. The highest BCUT2D eigenvalue weighted by Gasteiger charge is 2.30. The molecule has 1 aromatic rings. The van der Waals surface area contributed by atoms with E-state index in [0.29, 0.717) is 45.1 Å². The second-order valence-electron chi connectivity index (χ2n) is 6.86. The topological polar surface area (TPSA) is 77.5 Å². The molecular weight excluding hydrogens is 373 g/mol. The lowest BCUT2D eigenvalue weighted by Crippen LogP contribution is -2.44. The first-order chi connectivity index (χ1) is 13.5. The van der Waals surface area contributed by atoms with E-state index in [0.717, 1.165) is 18.3 Å². The molecule has 2 atom stereocenters. The summed E-state index contributed by atoms with van der Waals surface area (Å²) < 4.78 is 46.2. The molecule has 0 spiro atoms. The van der Waals surface area contributed by atoms with Crippen molar-refractivity contribution < 1.29 is 22.7 Å². The van der Waals surface area contributed by atoms with E-state index in [1.165, 1.54) is 0 Å². The van der Waals surface area contributed by atoms with E-state index in [4.69, 9.17) is 10.1 Å². The summed E-state index contributed by atoms with van der Waals surface area (Å²) in [5.74, 6) is -2.52. The molecule has 1 amide bonds. The number of piperazine rings is 1. The van der Waals surface area contributed by atoms with Crippen molar-refractivity contribution in [1.82, 2.24) is 10.2 Å². The third-order valence-corrected chi connectivity index (χ3v) is 4.76. The van der Waals surface area contributed by atoms with Crippen LogP contribution >= 0.6 is 0 Å². The zero-order valence-electron chi connectivity index (χ0n) is 15.3. The number of alkyl halides is 1. The molecule has 2 aliphatic rings. The van der Waals surface area contributed by atoms with E-state index in [2.05, 4.69) is 10.6 Å². The fourth-order valence-corrected chi connectivity index (χ4v) is 3.41. The highest BCUT2D eigenvalue weighted by Crippen LogP contribution is 2.28. The molecule has 152 valence electrons. The minimum Gasteiger partial charge on any atom is -0.483 e. The molecular formula is C19H23F3N4O2. The van der Waals surface area contributed by atoms with Crippen molar-refractivity contribution in [2.75, 3.05) is 31.5 Å². The molecule has 28 heavy (non-hydrogen) atoms. The number of carbonyl (C=O) groups is 1. The van der Waals surface area contributed by atoms with E-state index in [-0.39, 0.29) is 23.6 Å². The molecule has 2 fully saturated rings. The zero-order valence-corrected chi connectivity index (χ0v) is 15.3. The van der Waals surface area contributed by atoms with Crippen LogP contribution < -0.4 is 10.6 Å². The Kier molecular flexibility index (Phi) is 6.56. The van der Waals surface area contributed by atoms with E-state index in [1.54, 1.807) is 0 Å². The number of nitrogens with one attached hydrogen (secondary N) is 3. The van der Waals surface area contributed by atoms with Gasteiger partial charge in [-0.1, -0.05) is 0 Å². The quantitative estimate of drug-likeness (QED) is 0.392. The van der Waals surface area contributed by atoms with Crippen molar-refractivity contribution in [3.63, 3.8) is 0 Å². The third-order valence-electron chi connectivity index (χ3n) is 4.76. The number of carbonyl (C=O) groups excluding carboxylic acids is 1. The SMILES string of the molecule is N=C/C(=C(/OC1CCC(F)C1)C(=O)Nc1cc(F)cc(F)c1)N1CCNCC1. The second kappa shape index (κ2) is 9.09. The van der Waals surface area contributed by atoms with Gasteiger partial charge in [0.2, 0.25) is 5.76 Å². The largest absolute Gasteiger partial charge is 0.483 e. The van der Waals surface area contributed by atoms with Crippen molar-refractivity contribution in [3.8, 4) is 0 Å². The van der Waals surface area contributed by atoms with Crippen molar-refractivity contribution in [1.29, 1.82) is 5.41 Å². The van der Waals surface area contributed by atoms with E-state index >= 15 is 0 Å². The maximum absolute atomic E-state index is 13.6. The van der Waals surface area contributed by atoms with Gasteiger partial charge in [0.25, 0.3) is 5.91 Å². The standard InChI is InChI=1S/C19H23F3N4O2/c20-12-1-2-16(10-12)28-18(17(11-23)26-5-3-24-4-6-26)19(27)25-15-8-13(21)7-14(22)9-15/h7-9,11-12,16,23-24H,1-6,10H2,(H,25,27)/b18-17-,23-11?. The number of allylic oxidation sites excluding steroid dienone is 1. The fraction of sp³-hybridized carbons (Fsp3) is 0.474. The molecule has 1 saturated carbocycles. The highest BCUT2D eigenvalue weighted by molar-refractivity contribution is 6.05. The average molecular weight is 396 g/mol. The van der Waals surface area contributed by atoms with Crippen LogP contribution in [0.4, 0.5) is 18.9 Å². The van der Waals surface area contributed by atoms with E-state index in [1.807, 2.05) is 4.90 Å². The van der Waals surface area contributed by atoms with Crippen LogP contribution in [0.3, 0.4) is 0 Å². The number of nitrogens with zero attached hydrogens (tertiary/aromatic N) is 1. The van der Waals surface area contributed by atoms with Gasteiger partial charge in [-0.25, -0.2) is 13.2 Å². The Labute approximate surface area is 161 Å². The van der Waals surface area contributed by atoms with Gasteiger partial charge in [-0.3, -0.25) is 4.79 Å². The van der Waals surface area contributed by atoms with E-state index in [9.17, 15) is 18.0 Å². The number of benzene rings is 1. The summed E-state index contributed by atoms with van der Waals surface area (Å²) in [6.45, 7) is 2.49. The molecule has 6 nitrogen and oxygen atoms in total. The molecule has 3 N–H and O–H groups in total. The molecule has 9 heteroatoms. The number of amides is 1. The molecule has 2 unspecified atom stereocenters. The van der Waals surface area contributed by atoms with Gasteiger partial charge in [-0.2, -0.15) is 0 Å². The van der Waals surface area contributed by atoms with Crippen LogP contribution in [0.15, 0.2) is 29.7 Å². The molecule has 0 bridgehead atoms. The first-order valence-corrected chi connectivity index (χ1v) is 9.25. The number of rotatable bonds is 6. The number of hydrogen-bond acceptors (Lipinski definition) is 5. The summed E-state index contributed by atoms with van der Waals surface area (Å²) in [7, 11) is 0. The monoisotopic (exact) mass is 396 g/mol. The molecule has 1 aromatic carbocycles. The molecule has 1 aliphatic heterocycles. The van der Waals surface area contributed by atoms with Crippen molar-refractivity contribution >= 4 is 17.8 Å². The number of anilines is 1. The van der Waals surface area contributed by atoms with Gasteiger partial charge in [0, 0.05) is 50.6 Å². The normalized spacial score (nSPS) is 23.2. The number of hydrogen-bond donors (Lipinski definition) is 3. The van der Waals surface area contributed by atoms with Gasteiger partial charge < -0.3 is 25.7 Å². The van der Waals surface area contributed by atoms with Gasteiger partial charge in [-0.05, 0) is 25.0 Å². The third kappa shape index (κ3) is 5.03. The summed E-state index contributed by atoms with van der Waals surface area (Å²) >= 11 is 0. The predicted molar refractivity (Wildman–Crippen MR) is 98.9 cm³/mol. The Hall–Kier alpha value is -2.55. The van der Waals surface area contributed by atoms with Gasteiger partial charge in [0.1, 0.15) is 29.6 Å². The Morgan fingerprint density at radius 3 is 2.46 bits per heavy atom. The molecule has 1 saturated heterocycles. The van der Waals surface area contributed by atoms with Crippen LogP contribution in [0.2, 0.25) is 0 Å². The first-order valence-electron chi connectivity index (χ1n) is 9.25. The fourth-order valence-electron chi connectivity index (χ4n) is 3.41. The van der Waals surface area contributed by atoms with Gasteiger partial charge in [-0.15, -0.1) is 0 Å². The van der Waals surface area contributed by atoms with Crippen LogP contribution in [0.5, 0.6) is 0 Å². The minimum atomic E-state index is -0.991. The Morgan fingerprint density at radius 2 is 1.89 bits per heavy atom. The summed E-state index contributed by atoms with van der Waals surface area (Å²) in [4.78, 5) is 14.7.